The first kappa shape index (κ1) is 14.8. The van der Waals surface area contributed by atoms with Crippen LogP contribution in [0.5, 0.6) is 0 Å². The van der Waals surface area contributed by atoms with E-state index in [2.05, 4.69) is 17.6 Å². The molecule has 124 valence electrons. The average Bonchev–Trinajstić information content (AvgIpc) is 3.10. The normalized spacial score (nSPS) is 39.2. The van der Waals surface area contributed by atoms with Gasteiger partial charge in [0.1, 0.15) is 0 Å². The quantitative estimate of drug-likeness (QED) is 0.613. The van der Waals surface area contributed by atoms with Crippen molar-refractivity contribution in [3.63, 3.8) is 0 Å². The first-order valence-corrected chi connectivity index (χ1v) is 9.11. The minimum atomic E-state index is 0.317. The molecule has 5 heteroatoms. The monoisotopic (exact) mass is 307 g/mol. The van der Waals surface area contributed by atoms with Crippen LogP contribution in [0.1, 0.15) is 45.4 Å². The van der Waals surface area contributed by atoms with E-state index in [0.29, 0.717) is 29.6 Å². The van der Waals surface area contributed by atoms with Gasteiger partial charge < -0.3 is 20.1 Å². The van der Waals surface area contributed by atoms with E-state index >= 15 is 0 Å². The van der Waals surface area contributed by atoms with Crippen molar-refractivity contribution in [2.75, 3.05) is 26.3 Å². The van der Waals surface area contributed by atoms with E-state index in [-0.39, 0.29) is 0 Å². The molecule has 4 unspecified atom stereocenters. The van der Waals surface area contributed by atoms with Gasteiger partial charge in [-0.3, -0.25) is 4.99 Å². The van der Waals surface area contributed by atoms with E-state index in [1.807, 2.05) is 0 Å². The number of nitrogens with one attached hydrogen (secondary N) is 2. The van der Waals surface area contributed by atoms with Gasteiger partial charge >= 0.3 is 0 Å². The van der Waals surface area contributed by atoms with Gasteiger partial charge in [0.25, 0.3) is 0 Å². The summed E-state index contributed by atoms with van der Waals surface area (Å²) in [6.07, 6.45) is 8.35. The maximum atomic E-state index is 6.00. The molecule has 4 fully saturated rings. The zero-order chi connectivity index (χ0) is 15.0. The van der Waals surface area contributed by atoms with E-state index in [9.17, 15) is 0 Å². The molecule has 4 atom stereocenters. The van der Waals surface area contributed by atoms with Crippen molar-refractivity contribution in [1.29, 1.82) is 0 Å². The van der Waals surface area contributed by atoms with Crippen molar-refractivity contribution in [3.05, 3.63) is 0 Å². The predicted octanol–water partition coefficient (Wildman–Crippen LogP) is 1.68. The molecule has 1 spiro atoms. The third kappa shape index (κ3) is 2.33. The van der Waals surface area contributed by atoms with Crippen molar-refractivity contribution in [3.8, 4) is 0 Å². The minimum Gasteiger partial charge on any atom is -0.377 e. The Morgan fingerprint density at radius 3 is 2.77 bits per heavy atom. The highest BCUT2D eigenvalue weighted by Gasteiger charge is 2.66. The lowest BCUT2D eigenvalue weighted by Crippen LogP contribution is -2.72. The van der Waals surface area contributed by atoms with Crippen LogP contribution in [0.25, 0.3) is 0 Å². The van der Waals surface area contributed by atoms with Crippen LogP contribution in [-0.4, -0.2) is 50.5 Å². The van der Waals surface area contributed by atoms with Gasteiger partial charge in [0, 0.05) is 37.1 Å². The maximum Gasteiger partial charge on any atom is 0.191 e. The van der Waals surface area contributed by atoms with Gasteiger partial charge in [-0.25, -0.2) is 0 Å². The second-order valence-electron chi connectivity index (χ2n) is 7.31. The van der Waals surface area contributed by atoms with Gasteiger partial charge in [0.05, 0.1) is 18.8 Å². The van der Waals surface area contributed by atoms with Crippen LogP contribution in [0.3, 0.4) is 0 Å². The molecule has 4 rings (SSSR count). The summed E-state index contributed by atoms with van der Waals surface area (Å²) >= 11 is 0. The zero-order valence-corrected chi connectivity index (χ0v) is 13.6. The third-order valence-electron chi connectivity index (χ3n) is 6.15. The number of nitrogens with zero attached hydrogens (tertiary/aromatic N) is 1. The van der Waals surface area contributed by atoms with Gasteiger partial charge in [-0.15, -0.1) is 0 Å². The largest absolute Gasteiger partial charge is 0.377 e. The Morgan fingerprint density at radius 2 is 2.09 bits per heavy atom. The van der Waals surface area contributed by atoms with Gasteiger partial charge in [-0.2, -0.15) is 0 Å². The molecule has 0 aromatic rings. The van der Waals surface area contributed by atoms with Crippen molar-refractivity contribution in [1.82, 2.24) is 10.6 Å². The van der Waals surface area contributed by atoms with Gasteiger partial charge in [-0.05, 0) is 39.0 Å². The Kier molecular flexibility index (Phi) is 4.03. The van der Waals surface area contributed by atoms with Crippen LogP contribution < -0.4 is 10.6 Å². The molecule has 2 aliphatic heterocycles. The molecule has 0 aromatic heterocycles. The molecule has 0 amide bonds. The summed E-state index contributed by atoms with van der Waals surface area (Å²) in [5.41, 5.74) is 0.404. The van der Waals surface area contributed by atoms with Gasteiger partial charge in [0.15, 0.2) is 5.96 Å². The number of hydrogen-bond donors (Lipinski definition) is 2. The smallest absolute Gasteiger partial charge is 0.191 e. The van der Waals surface area contributed by atoms with Crippen LogP contribution in [-0.2, 0) is 9.47 Å². The molecule has 0 bridgehead atoms. The molecule has 4 aliphatic rings. The zero-order valence-electron chi connectivity index (χ0n) is 13.6. The summed E-state index contributed by atoms with van der Waals surface area (Å²) in [4.78, 5) is 4.78. The van der Waals surface area contributed by atoms with E-state index in [1.54, 1.807) is 0 Å². The number of rotatable bonds is 4. The van der Waals surface area contributed by atoms with E-state index in [4.69, 9.17) is 14.5 Å². The topological polar surface area (TPSA) is 54.9 Å². The Labute approximate surface area is 133 Å². The average molecular weight is 307 g/mol. The molecule has 2 N–H and O–H groups in total. The Morgan fingerprint density at radius 1 is 1.18 bits per heavy atom. The SMILES string of the molecule is CCNC(=NCC1CCCO1)NC1C2CCOC2C12CCC2. The Hall–Kier alpha value is -0.810. The third-order valence-corrected chi connectivity index (χ3v) is 6.15. The number of guanidine groups is 1. The summed E-state index contributed by atoms with van der Waals surface area (Å²) in [6.45, 7) is 5.65. The minimum absolute atomic E-state index is 0.317. The molecule has 0 radical (unpaired) electrons. The first-order valence-electron chi connectivity index (χ1n) is 9.11. The van der Waals surface area contributed by atoms with E-state index in [1.165, 1.54) is 32.1 Å². The number of fused-ring (bicyclic) bond motifs is 2. The van der Waals surface area contributed by atoms with Crippen molar-refractivity contribution < 1.29 is 9.47 Å². The molecule has 0 aromatic carbocycles. The van der Waals surface area contributed by atoms with Crippen LogP contribution >= 0.6 is 0 Å². The highest BCUT2D eigenvalue weighted by atomic mass is 16.5. The molecular formula is C17H29N3O2. The molecule has 2 aliphatic carbocycles. The van der Waals surface area contributed by atoms with Crippen molar-refractivity contribution >= 4 is 5.96 Å². The highest BCUT2D eigenvalue weighted by molar-refractivity contribution is 5.80. The van der Waals surface area contributed by atoms with Crippen LogP contribution in [0.15, 0.2) is 4.99 Å². The number of ether oxygens (including phenoxy) is 2. The second kappa shape index (κ2) is 6.00. The van der Waals surface area contributed by atoms with Crippen LogP contribution in [0.4, 0.5) is 0 Å². The fourth-order valence-electron chi connectivity index (χ4n) is 4.90. The summed E-state index contributed by atoms with van der Waals surface area (Å²) in [6, 6.07) is 0.552. The summed E-state index contributed by atoms with van der Waals surface area (Å²) in [5.74, 6) is 1.66. The Bertz CT molecular complexity index is 430. The lowest BCUT2D eigenvalue weighted by atomic mass is 9.46. The summed E-state index contributed by atoms with van der Waals surface area (Å²) < 4.78 is 11.7. The maximum absolute atomic E-state index is 6.00. The van der Waals surface area contributed by atoms with E-state index in [0.717, 1.165) is 38.7 Å². The molecule has 22 heavy (non-hydrogen) atoms. The predicted molar refractivity (Wildman–Crippen MR) is 86.0 cm³/mol. The van der Waals surface area contributed by atoms with Crippen molar-refractivity contribution in [2.45, 2.75) is 63.7 Å². The standard InChI is InChI=1S/C17H29N3O2/c1-2-18-16(19-11-12-5-3-9-21-12)20-14-13-6-10-22-15(13)17(14)7-4-8-17/h12-15H,2-11H2,1H3,(H2,18,19,20). The lowest BCUT2D eigenvalue weighted by molar-refractivity contribution is -0.171. The molecule has 2 saturated carbocycles. The summed E-state index contributed by atoms with van der Waals surface area (Å²) in [7, 11) is 0. The molecule has 2 heterocycles. The van der Waals surface area contributed by atoms with Crippen LogP contribution in [0, 0.1) is 11.3 Å². The molecular weight excluding hydrogens is 278 g/mol. The highest BCUT2D eigenvalue weighted by Crippen LogP contribution is 2.62. The molecule has 2 saturated heterocycles. The van der Waals surface area contributed by atoms with Gasteiger partial charge in [-0.1, -0.05) is 6.42 Å². The van der Waals surface area contributed by atoms with Gasteiger partial charge in [0.2, 0.25) is 0 Å². The number of hydrogen-bond acceptors (Lipinski definition) is 3. The number of aliphatic imine (C=N–C) groups is 1. The molecule has 5 nitrogen and oxygen atoms in total. The summed E-state index contributed by atoms with van der Waals surface area (Å²) in [5, 5.41) is 7.16. The first-order chi connectivity index (χ1) is 10.8. The Balaban J connectivity index is 1.41. The van der Waals surface area contributed by atoms with E-state index < -0.39 is 0 Å². The van der Waals surface area contributed by atoms with Crippen LogP contribution in [0.2, 0.25) is 0 Å². The lowest BCUT2D eigenvalue weighted by Gasteiger charge is -2.63. The second-order valence-corrected chi connectivity index (χ2v) is 7.31. The fraction of sp³-hybridized carbons (Fsp3) is 0.941. The van der Waals surface area contributed by atoms with Crippen molar-refractivity contribution in [2.24, 2.45) is 16.3 Å². The fourth-order valence-corrected chi connectivity index (χ4v) is 4.90.